The Balaban J connectivity index is 0. The van der Waals surface area contributed by atoms with Gasteiger partial charge in [0.2, 0.25) is 0 Å². The summed E-state index contributed by atoms with van der Waals surface area (Å²) in [6, 6.07) is 0. The normalized spacial score (nSPS) is 0. The van der Waals surface area contributed by atoms with Crippen molar-refractivity contribution in [1.82, 2.24) is 0 Å². The number of hydrogen-bond acceptors (Lipinski definition) is 0. The molecule has 0 saturated heterocycles. The Hall–Kier alpha value is 2.63. The molecule has 0 rings (SSSR count). The summed E-state index contributed by atoms with van der Waals surface area (Å²) in [6.45, 7) is 0. The van der Waals surface area contributed by atoms with Crippen molar-refractivity contribution in [1.29, 1.82) is 0 Å². The first-order valence-electron chi connectivity index (χ1n) is 0. The molecule has 1 unspecified atom stereocenters. The van der Waals surface area contributed by atoms with E-state index in [1.807, 2.05) is 0 Å². The van der Waals surface area contributed by atoms with Crippen LogP contribution in [0.2, 0.25) is 0 Å². The Bertz CT molecular complexity index is 8.00. The Kier molecular flexibility index (Phi) is 132. The number of hydrogen-bond donors (Lipinski definition) is 0. The fourth-order valence-electron chi connectivity index (χ4n) is 0. The minimum absolute atomic E-state index is 0. The predicted octanol–water partition coefficient (Wildman–Crippen LogP) is -0.706. The van der Waals surface area contributed by atoms with Gasteiger partial charge in [-0.3, -0.25) is 0 Å². The van der Waals surface area contributed by atoms with Crippen molar-refractivity contribution in [2.45, 2.75) is 0 Å². The largest absolute Gasteiger partial charge is 0.153 e. The molecule has 0 nitrogen and oxygen atoms in total. The van der Waals surface area contributed by atoms with E-state index in [1.165, 1.54) is 0 Å². The molecular weight excluding hydrogens is 422 g/mol. The molecule has 1 atom stereocenters. The van der Waals surface area contributed by atoms with Gasteiger partial charge in [0.05, 0.1) is 0 Å². The van der Waals surface area contributed by atoms with Crippen molar-refractivity contribution in [3.05, 3.63) is 0 Å². The van der Waals surface area contributed by atoms with Crippen LogP contribution in [0.15, 0.2) is 0 Å². The first-order valence-corrected chi connectivity index (χ1v) is 0. The monoisotopic (exact) mass is 426 g/mol. The average Bonchev–Trinajstić information content (AvgIpc) is 0. The molecule has 0 amide bonds. The molecule has 0 bridgehead atoms. The predicted molar refractivity (Wildman–Crippen MR) is 22.6 cm³/mol. The van der Waals surface area contributed by atoms with Crippen LogP contribution in [0.3, 0.4) is 0 Å². The summed E-state index contributed by atoms with van der Waals surface area (Å²) in [5.74, 6) is 0. The van der Waals surface area contributed by atoms with Crippen LogP contribution in [0.1, 0.15) is 0 Å². The van der Waals surface area contributed by atoms with Crippen LogP contribution < -0.4 is 0 Å². The van der Waals surface area contributed by atoms with E-state index in [0.29, 0.717) is 0 Å². The zero-order valence-electron chi connectivity index (χ0n) is 1.96. The van der Waals surface area contributed by atoms with Gasteiger partial charge in [-0.1, -0.05) is 0 Å². The zero-order chi connectivity index (χ0) is 0. The Morgan fingerprint density at radius 2 is 1.00 bits per heavy atom. The van der Waals surface area contributed by atoms with E-state index in [2.05, 4.69) is 0 Å². The van der Waals surface area contributed by atoms with Crippen LogP contribution in [0.25, 0.3) is 0 Å². The van der Waals surface area contributed by atoms with Gasteiger partial charge in [-0.25, -0.2) is 0 Å². The van der Waals surface area contributed by atoms with Crippen LogP contribution in [-0.2, 0) is 17.1 Å². The van der Waals surface area contributed by atoms with Crippen molar-refractivity contribution in [2.75, 3.05) is 0 Å². The maximum Gasteiger partial charge on any atom is 0 e. The van der Waals surface area contributed by atoms with Crippen LogP contribution >= 0.6 is 9.90 Å². The molecule has 0 heterocycles. The second-order valence-electron chi connectivity index (χ2n) is 0. The summed E-state index contributed by atoms with van der Waals surface area (Å²) in [6.07, 6.45) is 0. The van der Waals surface area contributed by atoms with E-state index in [-0.39, 0.29) is 77.1 Å². The zero-order valence-corrected chi connectivity index (χ0v) is 10.6. The van der Waals surface area contributed by atoms with Gasteiger partial charge in [0.25, 0.3) is 0 Å². The molecule has 0 aromatic carbocycles. The van der Waals surface area contributed by atoms with Crippen molar-refractivity contribution in [2.24, 2.45) is 0 Å². The van der Waals surface area contributed by atoms with Gasteiger partial charge in [0.1, 0.15) is 0 Å². The second kappa shape index (κ2) is 17.4. The molecule has 0 aromatic heterocycles. The average molecular weight is 425 g/mol. The standard InChI is InChI=1S/Bi.Cu.H3P.Sn/h;;1H3;. The SMILES string of the molecule is P.[Bi].[Cu].[Sn]. The van der Waals surface area contributed by atoms with Crippen LogP contribution in [0.5, 0.6) is 0 Å². The van der Waals surface area contributed by atoms with E-state index in [9.17, 15) is 0 Å². The van der Waals surface area contributed by atoms with Crippen LogP contribution in [0.4, 0.5) is 0 Å². The summed E-state index contributed by atoms with van der Waals surface area (Å²) < 4.78 is 0. The van der Waals surface area contributed by atoms with Crippen molar-refractivity contribution < 1.29 is 17.1 Å². The molecule has 0 fully saturated rings. The van der Waals surface area contributed by atoms with E-state index < -0.39 is 0 Å². The number of rotatable bonds is 0. The quantitative estimate of drug-likeness (QED) is 0.356. The first kappa shape index (κ1) is 30.4. The smallest absolute Gasteiger partial charge is 0 e. The van der Waals surface area contributed by atoms with Gasteiger partial charge in [-0.05, 0) is 0 Å². The molecule has 4 heavy (non-hydrogen) atoms. The van der Waals surface area contributed by atoms with Gasteiger partial charge >= 0.3 is 0 Å². The van der Waals surface area contributed by atoms with E-state index in [1.54, 1.807) is 0 Å². The molecule has 0 aromatic rings. The maximum absolute atomic E-state index is 0. The third-order valence-corrected chi connectivity index (χ3v) is 0. The van der Waals surface area contributed by atoms with E-state index in [4.69, 9.17) is 0 Å². The topological polar surface area (TPSA) is 0 Å². The van der Waals surface area contributed by atoms with Crippen molar-refractivity contribution in [3.8, 4) is 0 Å². The fourth-order valence-corrected chi connectivity index (χ4v) is 0. The molecule has 0 saturated carbocycles. The molecule has 0 aliphatic carbocycles. The Labute approximate surface area is 76.0 Å². The summed E-state index contributed by atoms with van der Waals surface area (Å²) in [5.41, 5.74) is 0. The maximum atomic E-state index is 0. The molecule has 28 valence electrons. The molecule has 0 aliphatic heterocycles. The summed E-state index contributed by atoms with van der Waals surface area (Å²) in [5, 5.41) is 0. The molecule has 0 spiro atoms. The summed E-state index contributed by atoms with van der Waals surface area (Å²) in [7, 11) is 0. The second-order valence-corrected chi connectivity index (χ2v) is 0. The molecule has 8 radical (unpaired) electrons. The third-order valence-electron chi connectivity index (χ3n) is 0. The van der Waals surface area contributed by atoms with Crippen LogP contribution in [0, 0.1) is 0 Å². The molecule has 0 N–H and O–H groups in total. The van der Waals surface area contributed by atoms with Gasteiger partial charge in [0.15, 0.2) is 0 Å². The summed E-state index contributed by atoms with van der Waals surface area (Å²) >= 11 is 0. The first-order chi connectivity index (χ1) is 0. The molecular formula is H3BiCuPSn. The van der Waals surface area contributed by atoms with Gasteiger partial charge in [-0.2, -0.15) is 9.90 Å². The van der Waals surface area contributed by atoms with Gasteiger partial charge in [-0.15, -0.1) is 0 Å². The van der Waals surface area contributed by atoms with Crippen molar-refractivity contribution >= 4 is 60.0 Å². The Morgan fingerprint density at radius 1 is 1.00 bits per heavy atom. The van der Waals surface area contributed by atoms with Gasteiger partial charge < -0.3 is 0 Å². The van der Waals surface area contributed by atoms with E-state index in [0.717, 1.165) is 0 Å². The third kappa shape index (κ3) is 8.82. The van der Waals surface area contributed by atoms with Gasteiger partial charge in [0, 0.05) is 67.2 Å². The fraction of sp³-hybridized carbons (Fsp3) is 0. The molecule has 4 heteroatoms. The van der Waals surface area contributed by atoms with E-state index >= 15 is 0 Å². The van der Waals surface area contributed by atoms with Crippen molar-refractivity contribution in [3.63, 3.8) is 0 Å². The Morgan fingerprint density at radius 3 is 1.00 bits per heavy atom. The molecule has 0 aliphatic rings. The minimum Gasteiger partial charge on any atom is -0.153 e. The summed E-state index contributed by atoms with van der Waals surface area (Å²) in [4.78, 5) is 0. The van der Waals surface area contributed by atoms with Crippen LogP contribution in [-0.4, -0.2) is 50.1 Å². The minimum atomic E-state index is 0.